The summed E-state index contributed by atoms with van der Waals surface area (Å²) in [4.78, 5) is 0. The van der Waals surface area contributed by atoms with Crippen LogP contribution in [0.2, 0.25) is 10.0 Å². The first-order chi connectivity index (χ1) is 7.25. The van der Waals surface area contributed by atoms with Gasteiger partial charge in [0.15, 0.2) is 0 Å². The predicted octanol–water partition coefficient (Wildman–Crippen LogP) is 4.30. The highest BCUT2D eigenvalue weighted by atomic mass is 35.5. The third kappa shape index (κ3) is 3.20. The van der Waals surface area contributed by atoms with Crippen LogP contribution in [-0.2, 0) is 0 Å². The van der Waals surface area contributed by atoms with Gasteiger partial charge in [0.2, 0.25) is 0 Å². The predicted molar refractivity (Wildman–Crippen MR) is 70.4 cm³/mol. The van der Waals surface area contributed by atoms with Crippen LogP contribution >= 0.6 is 35.0 Å². The highest BCUT2D eigenvalue weighted by Gasteiger charge is 2.14. The third-order valence-corrected chi connectivity index (χ3v) is 4.11. The fourth-order valence-corrected chi connectivity index (χ4v) is 3.24. The van der Waals surface area contributed by atoms with Crippen molar-refractivity contribution in [2.75, 3.05) is 16.8 Å². The van der Waals surface area contributed by atoms with Crippen LogP contribution in [0.25, 0.3) is 0 Å². The Morgan fingerprint density at radius 2 is 1.93 bits per heavy atom. The monoisotopic (exact) mass is 261 g/mol. The first kappa shape index (κ1) is 11.4. The maximum Gasteiger partial charge on any atom is 0.0652 e. The van der Waals surface area contributed by atoms with Gasteiger partial charge in [0.1, 0.15) is 0 Å². The van der Waals surface area contributed by atoms with E-state index in [1.165, 1.54) is 24.3 Å². The topological polar surface area (TPSA) is 12.0 Å². The van der Waals surface area contributed by atoms with Crippen molar-refractivity contribution in [3.05, 3.63) is 28.2 Å². The Labute approximate surface area is 105 Å². The lowest BCUT2D eigenvalue weighted by Crippen LogP contribution is -2.24. The summed E-state index contributed by atoms with van der Waals surface area (Å²) in [6, 6.07) is 6.16. The van der Waals surface area contributed by atoms with E-state index < -0.39 is 0 Å². The second-order valence-electron chi connectivity index (χ2n) is 3.66. The summed E-state index contributed by atoms with van der Waals surface area (Å²) < 4.78 is 0. The maximum atomic E-state index is 6.10. The molecule has 1 fully saturated rings. The highest BCUT2D eigenvalue weighted by molar-refractivity contribution is 7.99. The van der Waals surface area contributed by atoms with Gasteiger partial charge < -0.3 is 5.32 Å². The van der Waals surface area contributed by atoms with Crippen molar-refractivity contribution in [1.82, 2.24) is 0 Å². The smallest absolute Gasteiger partial charge is 0.0652 e. The number of nitrogens with one attached hydrogen (secondary N) is 1. The fraction of sp³-hybridized carbons (Fsp3) is 0.455. The zero-order valence-electron chi connectivity index (χ0n) is 8.30. The van der Waals surface area contributed by atoms with E-state index in [1.54, 1.807) is 6.07 Å². The molecule has 1 aromatic rings. The molecule has 1 saturated heterocycles. The second-order valence-corrected chi connectivity index (χ2v) is 5.72. The van der Waals surface area contributed by atoms with Gasteiger partial charge in [0.05, 0.1) is 10.7 Å². The van der Waals surface area contributed by atoms with Crippen LogP contribution in [0.3, 0.4) is 0 Å². The number of thioether (sulfide) groups is 1. The minimum Gasteiger partial charge on any atom is -0.381 e. The number of hydrogen-bond donors (Lipinski definition) is 1. The van der Waals surface area contributed by atoms with Crippen molar-refractivity contribution in [2.24, 2.45) is 0 Å². The molecule has 1 aromatic carbocycles. The van der Waals surface area contributed by atoms with Gasteiger partial charge in [-0.05, 0) is 42.5 Å². The van der Waals surface area contributed by atoms with E-state index in [0.717, 1.165) is 5.69 Å². The van der Waals surface area contributed by atoms with Crippen molar-refractivity contribution in [2.45, 2.75) is 18.9 Å². The van der Waals surface area contributed by atoms with Gasteiger partial charge in [-0.25, -0.2) is 0 Å². The molecule has 15 heavy (non-hydrogen) atoms. The second kappa shape index (κ2) is 5.33. The molecule has 4 heteroatoms. The average molecular weight is 262 g/mol. The number of rotatable bonds is 2. The lowest BCUT2D eigenvalue weighted by Gasteiger charge is -2.24. The molecule has 0 unspecified atom stereocenters. The summed E-state index contributed by atoms with van der Waals surface area (Å²) in [7, 11) is 0. The molecule has 1 N–H and O–H groups in total. The van der Waals surface area contributed by atoms with E-state index in [1.807, 2.05) is 23.9 Å². The van der Waals surface area contributed by atoms with Crippen LogP contribution in [0.1, 0.15) is 12.8 Å². The summed E-state index contributed by atoms with van der Waals surface area (Å²) >= 11 is 14.0. The fourth-order valence-electron chi connectivity index (χ4n) is 1.67. The molecule has 0 aromatic heterocycles. The van der Waals surface area contributed by atoms with Crippen LogP contribution in [0, 0.1) is 0 Å². The Morgan fingerprint density at radius 3 is 2.60 bits per heavy atom. The first-order valence-electron chi connectivity index (χ1n) is 5.05. The van der Waals surface area contributed by atoms with Crippen molar-refractivity contribution in [3.8, 4) is 0 Å². The van der Waals surface area contributed by atoms with Gasteiger partial charge in [0, 0.05) is 11.1 Å². The Bertz CT molecular complexity index is 337. The Morgan fingerprint density at radius 1 is 1.20 bits per heavy atom. The molecule has 0 aliphatic carbocycles. The summed E-state index contributed by atoms with van der Waals surface area (Å²) in [6.07, 6.45) is 2.42. The molecule has 1 aliphatic rings. The largest absolute Gasteiger partial charge is 0.381 e. The average Bonchev–Trinajstić information content (AvgIpc) is 2.24. The molecule has 82 valence electrons. The summed E-state index contributed by atoms with van der Waals surface area (Å²) in [5.41, 5.74) is 0.998. The lowest BCUT2D eigenvalue weighted by molar-refractivity contribution is 0.667. The van der Waals surface area contributed by atoms with Crippen molar-refractivity contribution in [3.63, 3.8) is 0 Å². The van der Waals surface area contributed by atoms with Crippen molar-refractivity contribution in [1.29, 1.82) is 0 Å². The van der Waals surface area contributed by atoms with Gasteiger partial charge in [-0.15, -0.1) is 0 Å². The SMILES string of the molecule is Clc1ccc(NC2CCSCC2)c(Cl)c1. The Balaban J connectivity index is 2.03. The standard InChI is InChI=1S/C11H13Cl2NS/c12-8-1-2-11(10(13)7-8)14-9-3-5-15-6-4-9/h1-2,7,9,14H,3-6H2. The summed E-state index contributed by atoms with van der Waals surface area (Å²) in [5, 5.41) is 4.87. The molecule has 0 amide bonds. The van der Waals surface area contributed by atoms with Crippen LogP contribution in [0.4, 0.5) is 5.69 Å². The van der Waals surface area contributed by atoms with Gasteiger partial charge in [-0.2, -0.15) is 11.8 Å². The molecule has 0 bridgehead atoms. The van der Waals surface area contributed by atoms with Crippen LogP contribution in [0.5, 0.6) is 0 Å². The molecular weight excluding hydrogens is 249 g/mol. The van der Waals surface area contributed by atoms with E-state index in [-0.39, 0.29) is 0 Å². The zero-order chi connectivity index (χ0) is 10.7. The zero-order valence-corrected chi connectivity index (χ0v) is 10.6. The minimum absolute atomic E-state index is 0.560. The number of anilines is 1. The van der Waals surface area contributed by atoms with Gasteiger partial charge in [-0.1, -0.05) is 23.2 Å². The molecular formula is C11H13Cl2NS. The highest BCUT2D eigenvalue weighted by Crippen LogP contribution is 2.28. The molecule has 1 heterocycles. The van der Waals surface area contributed by atoms with Gasteiger partial charge >= 0.3 is 0 Å². The van der Waals surface area contributed by atoms with Gasteiger partial charge in [-0.3, -0.25) is 0 Å². The third-order valence-electron chi connectivity index (χ3n) is 2.51. The van der Waals surface area contributed by atoms with E-state index in [0.29, 0.717) is 16.1 Å². The summed E-state index contributed by atoms with van der Waals surface area (Å²) in [6.45, 7) is 0. The normalized spacial score (nSPS) is 17.7. The molecule has 0 spiro atoms. The van der Waals surface area contributed by atoms with Gasteiger partial charge in [0.25, 0.3) is 0 Å². The van der Waals surface area contributed by atoms with Crippen LogP contribution in [-0.4, -0.2) is 17.5 Å². The van der Waals surface area contributed by atoms with Crippen LogP contribution < -0.4 is 5.32 Å². The number of benzene rings is 1. The van der Waals surface area contributed by atoms with E-state index >= 15 is 0 Å². The summed E-state index contributed by atoms with van der Waals surface area (Å²) in [5.74, 6) is 2.48. The van der Waals surface area contributed by atoms with Crippen molar-refractivity contribution >= 4 is 40.7 Å². The molecule has 0 saturated carbocycles. The molecule has 0 atom stereocenters. The quantitative estimate of drug-likeness (QED) is 0.852. The Kier molecular flexibility index (Phi) is 4.06. The Hall–Kier alpha value is -0.0500. The lowest BCUT2D eigenvalue weighted by atomic mass is 10.1. The molecule has 1 nitrogen and oxygen atoms in total. The maximum absolute atomic E-state index is 6.10. The number of hydrogen-bond acceptors (Lipinski definition) is 2. The first-order valence-corrected chi connectivity index (χ1v) is 6.96. The van der Waals surface area contributed by atoms with E-state index in [9.17, 15) is 0 Å². The molecule has 2 rings (SSSR count). The van der Waals surface area contributed by atoms with Crippen molar-refractivity contribution < 1.29 is 0 Å². The van der Waals surface area contributed by atoms with Crippen LogP contribution in [0.15, 0.2) is 18.2 Å². The molecule has 1 aliphatic heterocycles. The molecule has 0 radical (unpaired) electrons. The minimum atomic E-state index is 0.560. The van der Waals surface area contributed by atoms with E-state index in [2.05, 4.69) is 5.32 Å². The van der Waals surface area contributed by atoms with E-state index in [4.69, 9.17) is 23.2 Å². The number of halogens is 2.